The highest BCUT2D eigenvalue weighted by atomic mass is 19.4. The molecule has 0 radical (unpaired) electrons. The van der Waals surface area contributed by atoms with Crippen molar-refractivity contribution in [1.29, 1.82) is 0 Å². The number of fused-ring (bicyclic) bond motifs is 1. The molecule has 0 aromatic carbocycles. The number of hydrogen-bond donors (Lipinski definition) is 2. The summed E-state index contributed by atoms with van der Waals surface area (Å²) in [6.07, 6.45) is -3.89. The number of aromatic nitrogens is 2. The summed E-state index contributed by atoms with van der Waals surface area (Å²) in [7, 11) is 6.15. The van der Waals surface area contributed by atoms with E-state index in [4.69, 9.17) is 19.8 Å². The number of carboxylic acids is 2. The van der Waals surface area contributed by atoms with Crippen LogP contribution in [-0.4, -0.2) is 111 Å². The van der Waals surface area contributed by atoms with E-state index in [9.17, 15) is 31.1 Å². The Bertz CT molecular complexity index is 896. The Morgan fingerprint density at radius 1 is 1.08 bits per heavy atom. The number of likely N-dealkylation sites (tertiary alicyclic amines) is 2. The maximum atomic E-state index is 12.2. The topological polar surface area (TPSA) is 119 Å². The first-order valence-electron chi connectivity index (χ1n) is 11.1. The van der Waals surface area contributed by atoms with Gasteiger partial charge in [-0.1, -0.05) is 0 Å². The lowest BCUT2D eigenvalue weighted by atomic mass is 9.92. The van der Waals surface area contributed by atoms with Crippen LogP contribution in [0.25, 0.3) is 0 Å². The SMILES string of the molecule is CC(=O)N1[C@H](CN(C)C)C[C@@H]2CN(Cc3cnn(C)c3)CC[C@@H]21.O=C(O)C(F)(F)F.O=C(O)C(F)(F)F. The van der Waals surface area contributed by atoms with E-state index in [1.807, 2.05) is 17.9 Å². The predicted octanol–water partition coefficient (Wildman–Crippen LogP) is 2.06. The minimum atomic E-state index is -5.08. The van der Waals surface area contributed by atoms with Crippen LogP contribution in [0, 0.1) is 5.92 Å². The number of piperidine rings is 1. The van der Waals surface area contributed by atoms with Gasteiger partial charge in [0.25, 0.3) is 0 Å². The van der Waals surface area contributed by atoms with Crippen LogP contribution < -0.4 is 0 Å². The number of nitrogens with zero attached hydrogens (tertiary/aromatic N) is 5. The highest BCUT2D eigenvalue weighted by Gasteiger charge is 2.45. The molecule has 3 rings (SSSR count). The molecule has 0 bridgehead atoms. The van der Waals surface area contributed by atoms with E-state index in [-0.39, 0.29) is 5.91 Å². The average molecular weight is 547 g/mol. The van der Waals surface area contributed by atoms with Crippen LogP contribution in [0.2, 0.25) is 0 Å². The molecule has 16 heteroatoms. The number of rotatable bonds is 4. The van der Waals surface area contributed by atoms with Gasteiger partial charge < -0.3 is 20.0 Å². The third-order valence-corrected chi connectivity index (χ3v) is 5.69. The van der Waals surface area contributed by atoms with Crippen molar-refractivity contribution in [1.82, 2.24) is 24.5 Å². The number of halogens is 6. The third kappa shape index (κ3) is 10.6. The average Bonchev–Trinajstić information content (AvgIpc) is 3.29. The van der Waals surface area contributed by atoms with Gasteiger partial charge in [-0.15, -0.1) is 0 Å². The Labute approximate surface area is 209 Å². The molecule has 1 aromatic rings. The van der Waals surface area contributed by atoms with E-state index in [1.165, 1.54) is 5.56 Å². The Hall–Kier alpha value is -2.88. The fraction of sp³-hybridized carbons (Fsp3) is 0.714. The highest BCUT2D eigenvalue weighted by molar-refractivity contribution is 5.74. The second-order valence-corrected chi connectivity index (χ2v) is 9.06. The van der Waals surface area contributed by atoms with Crippen LogP contribution in [0.3, 0.4) is 0 Å². The number of amides is 1. The normalized spacial score (nSPS) is 21.9. The van der Waals surface area contributed by atoms with Crippen LogP contribution in [0.1, 0.15) is 25.3 Å². The van der Waals surface area contributed by atoms with Gasteiger partial charge in [0.2, 0.25) is 5.91 Å². The fourth-order valence-corrected chi connectivity index (χ4v) is 4.46. The highest BCUT2D eigenvalue weighted by Crippen LogP contribution is 2.36. The predicted molar refractivity (Wildman–Crippen MR) is 117 cm³/mol. The molecule has 2 aliphatic rings. The Morgan fingerprint density at radius 3 is 1.97 bits per heavy atom. The largest absolute Gasteiger partial charge is 0.490 e. The smallest absolute Gasteiger partial charge is 0.475 e. The van der Waals surface area contributed by atoms with Gasteiger partial charge >= 0.3 is 24.3 Å². The minimum absolute atomic E-state index is 0.241. The Balaban J connectivity index is 0.000000404. The van der Waals surface area contributed by atoms with Crippen molar-refractivity contribution in [3.8, 4) is 0 Å². The fourth-order valence-electron chi connectivity index (χ4n) is 4.46. The Kier molecular flexibility index (Phi) is 11.4. The number of carbonyl (C=O) groups is 3. The molecular weight excluding hydrogens is 516 g/mol. The molecule has 0 unspecified atom stereocenters. The number of hydrogen-bond acceptors (Lipinski definition) is 6. The van der Waals surface area contributed by atoms with Crippen LogP contribution in [0.4, 0.5) is 26.3 Å². The Morgan fingerprint density at radius 2 is 1.59 bits per heavy atom. The van der Waals surface area contributed by atoms with Gasteiger partial charge in [-0.2, -0.15) is 31.4 Å². The second kappa shape index (κ2) is 13.1. The summed E-state index contributed by atoms with van der Waals surface area (Å²) in [4.78, 5) is 36.8. The van der Waals surface area contributed by atoms with Crippen molar-refractivity contribution < 1.29 is 50.9 Å². The maximum absolute atomic E-state index is 12.2. The number of alkyl halides is 6. The molecule has 2 saturated heterocycles. The summed E-state index contributed by atoms with van der Waals surface area (Å²) < 4.78 is 65.3. The molecular formula is C21H31F6N5O5. The van der Waals surface area contributed by atoms with Crippen LogP contribution in [0.5, 0.6) is 0 Å². The quantitative estimate of drug-likeness (QED) is 0.550. The molecule has 10 nitrogen and oxygen atoms in total. The monoisotopic (exact) mass is 547 g/mol. The van der Waals surface area contributed by atoms with Crippen molar-refractivity contribution in [3.63, 3.8) is 0 Å². The molecule has 0 saturated carbocycles. The minimum Gasteiger partial charge on any atom is -0.475 e. The third-order valence-electron chi connectivity index (χ3n) is 5.69. The first kappa shape index (κ1) is 32.1. The number of likely N-dealkylation sites (N-methyl/N-ethyl adjacent to an activating group) is 1. The van der Waals surface area contributed by atoms with E-state index in [2.05, 4.69) is 40.1 Å². The van der Waals surface area contributed by atoms with Crippen LogP contribution in [0.15, 0.2) is 12.4 Å². The van der Waals surface area contributed by atoms with E-state index in [0.717, 1.165) is 39.0 Å². The van der Waals surface area contributed by atoms with Crippen LogP contribution >= 0.6 is 0 Å². The van der Waals surface area contributed by atoms with Gasteiger partial charge in [-0.25, -0.2) is 9.59 Å². The van der Waals surface area contributed by atoms with E-state index in [1.54, 1.807) is 6.92 Å². The summed E-state index contributed by atoms with van der Waals surface area (Å²) in [5.74, 6) is -4.67. The zero-order chi connectivity index (χ0) is 28.7. The zero-order valence-electron chi connectivity index (χ0n) is 20.8. The summed E-state index contributed by atoms with van der Waals surface area (Å²) in [6, 6.07) is 0.804. The molecule has 3 heterocycles. The number of aliphatic carboxylic acids is 2. The zero-order valence-corrected chi connectivity index (χ0v) is 20.8. The molecule has 1 aromatic heterocycles. The first-order valence-corrected chi connectivity index (χ1v) is 11.1. The van der Waals surface area contributed by atoms with Gasteiger partial charge in [0.15, 0.2) is 0 Å². The summed E-state index contributed by atoms with van der Waals surface area (Å²) in [5, 5.41) is 18.5. The summed E-state index contributed by atoms with van der Waals surface area (Å²) in [5.41, 5.74) is 1.28. The van der Waals surface area contributed by atoms with Gasteiger partial charge in [-0.05, 0) is 32.9 Å². The van der Waals surface area contributed by atoms with Gasteiger partial charge in [0.1, 0.15) is 0 Å². The van der Waals surface area contributed by atoms with E-state index < -0.39 is 24.3 Å². The van der Waals surface area contributed by atoms with Crippen molar-refractivity contribution in [2.75, 3.05) is 33.7 Å². The maximum Gasteiger partial charge on any atom is 0.490 e. The van der Waals surface area contributed by atoms with Gasteiger partial charge in [0, 0.05) is 64.0 Å². The number of carbonyl (C=O) groups excluding carboxylic acids is 1. The first-order chi connectivity index (χ1) is 16.8. The van der Waals surface area contributed by atoms with E-state index in [0.29, 0.717) is 18.0 Å². The standard InChI is InChI=1S/C17H29N5O.2C2HF3O2/c1-13(23)22-16(12-19(2)3)7-15-11-21(6-5-17(15)22)10-14-8-18-20(4)9-14;2*3-2(4,5)1(6)7/h8-9,15-17H,5-7,10-12H2,1-4H3;2*(H,6,7)/t15-,16+,17+;;/m1../s1. The molecule has 37 heavy (non-hydrogen) atoms. The summed E-state index contributed by atoms with van der Waals surface area (Å²) in [6.45, 7) is 5.82. The molecule has 3 atom stereocenters. The number of carboxylic acid groups (broad SMARTS) is 2. The van der Waals surface area contributed by atoms with Crippen molar-refractivity contribution in [2.24, 2.45) is 13.0 Å². The van der Waals surface area contributed by atoms with Crippen molar-refractivity contribution in [2.45, 2.75) is 50.7 Å². The van der Waals surface area contributed by atoms with Gasteiger partial charge in [0.05, 0.1) is 6.20 Å². The second-order valence-electron chi connectivity index (χ2n) is 9.06. The van der Waals surface area contributed by atoms with Gasteiger partial charge in [-0.3, -0.25) is 14.4 Å². The molecule has 212 valence electrons. The number of aryl methyl sites for hydroxylation is 1. The van der Waals surface area contributed by atoms with E-state index >= 15 is 0 Å². The molecule has 2 aliphatic heterocycles. The lowest BCUT2D eigenvalue weighted by Gasteiger charge is -2.38. The van der Waals surface area contributed by atoms with Crippen molar-refractivity contribution in [3.05, 3.63) is 18.0 Å². The molecule has 0 aliphatic carbocycles. The molecule has 0 spiro atoms. The van der Waals surface area contributed by atoms with Crippen LogP contribution in [-0.2, 0) is 28.0 Å². The lowest BCUT2D eigenvalue weighted by Crippen LogP contribution is -2.49. The lowest BCUT2D eigenvalue weighted by molar-refractivity contribution is -0.193. The molecule has 2 N–H and O–H groups in total. The summed E-state index contributed by atoms with van der Waals surface area (Å²) >= 11 is 0. The molecule has 1 amide bonds. The van der Waals surface area contributed by atoms with Crippen molar-refractivity contribution >= 4 is 17.8 Å². The molecule has 2 fully saturated rings.